The van der Waals surface area contributed by atoms with Crippen molar-refractivity contribution in [2.24, 2.45) is 10.9 Å². The van der Waals surface area contributed by atoms with E-state index in [2.05, 4.69) is 40.0 Å². The largest absolute Gasteiger partial charge is 0.379 e. The van der Waals surface area contributed by atoms with Gasteiger partial charge in [-0.3, -0.25) is 9.89 Å². The number of nitrogens with one attached hydrogen (secondary N) is 2. The fourth-order valence-corrected chi connectivity index (χ4v) is 4.55. The molecular formula is C21H36N4O2S. The van der Waals surface area contributed by atoms with Gasteiger partial charge in [0.25, 0.3) is 0 Å². The number of hydrogen-bond acceptors (Lipinski definition) is 5. The average Bonchev–Trinajstić information content (AvgIpc) is 3.40. The molecule has 1 aromatic rings. The zero-order valence-electron chi connectivity index (χ0n) is 17.2. The molecule has 2 aliphatic rings. The van der Waals surface area contributed by atoms with Crippen molar-refractivity contribution in [2.75, 3.05) is 52.5 Å². The molecule has 2 atom stereocenters. The van der Waals surface area contributed by atoms with Crippen molar-refractivity contribution in [3.05, 3.63) is 22.4 Å². The van der Waals surface area contributed by atoms with Crippen LogP contribution in [0.3, 0.4) is 0 Å². The first kappa shape index (κ1) is 21.6. The number of likely N-dealkylation sites (tertiary alicyclic amines) is 1. The Balaban J connectivity index is 1.35. The Morgan fingerprint density at radius 3 is 3.14 bits per heavy atom. The molecule has 0 amide bonds. The number of piperidine rings is 1. The second-order valence-electron chi connectivity index (χ2n) is 7.68. The zero-order chi connectivity index (χ0) is 19.4. The van der Waals surface area contributed by atoms with E-state index in [1.807, 2.05) is 11.3 Å². The summed E-state index contributed by atoms with van der Waals surface area (Å²) in [6.07, 6.45) is 4.87. The number of nitrogens with zero attached hydrogens (tertiary/aromatic N) is 2. The Kier molecular flexibility index (Phi) is 9.56. The quantitative estimate of drug-likeness (QED) is 0.354. The van der Waals surface area contributed by atoms with Gasteiger partial charge in [-0.1, -0.05) is 6.07 Å². The predicted molar refractivity (Wildman–Crippen MR) is 116 cm³/mol. The van der Waals surface area contributed by atoms with Gasteiger partial charge in [0.15, 0.2) is 5.96 Å². The smallest absolute Gasteiger partial charge is 0.191 e. The molecule has 2 fully saturated rings. The summed E-state index contributed by atoms with van der Waals surface area (Å²) in [6.45, 7) is 10.6. The van der Waals surface area contributed by atoms with Crippen LogP contribution in [0.15, 0.2) is 22.5 Å². The number of hydrogen-bond donors (Lipinski definition) is 2. The summed E-state index contributed by atoms with van der Waals surface area (Å²) in [4.78, 5) is 8.90. The summed E-state index contributed by atoms with van der Waals surface area (Å²) >= 11 is 1.86. The van der Waals surface area contributed by atoms with E-state index in [0.29, 0.717) is 12.0 Å². The molecule has 0 aliphatic carbocycles. The minimum Gasteiger partial charge on any atom is -0.379 e. The van der Waals surface area contributed by atoms with Gasteiger partial charge >= 0.3 is 0 Å². The fourth-order valence-electron chi connectivity index (χ4n) is 3.80. The number of thiophene rings is 1. The summed E-state index contributed by atoms with van der Waals surface area (Å²) in [5, 5.41) is 8.99. The van der Waals surface area contributed by atoms with E-state index in [-0.39, 0.29) is 0 Å². The maximum absolute atomic E-state index is 5.82. The lowest BCUT2D eigenvalue weighted by molar-refractivity contribution is 0.0420. The summed E-state index contributed by atoms with van der Waals surface area (Å²) < 4.78 is 11.2. The monoisotopic (exact) mass is 408 g/mol. The van der Waals surface area contributed by atoms with Crippen LogP contribution in [0.4, 0.5) is 0 Å². The second kappa shape index (κ2) is 12.4. The highest BCUT2D eigenvalue weighted by atomic mass is 32.1. The van der Waals surface area contributed by atoms with Crippen LogP contribution in [0.2, 0.25) is 0 Å². The Labute approximate surface area is 173 Å². The molecule has 0 saturated carbocycles. The van der Waals surface area contributed by atoms with Gasteiger partial charge in [-0.15, -0.1) is 11.3 Å². The Morgan fingerprint density at radius 1 is 1.39 bits per heavy atom. The van der Waals surface area contributed by atoms with Gasteiger partial charge in [0, 0.05) is 50.8 Å². The lowest BCUT2D eigenvalue weighted by atomic mass is 9.98. The number of aliphatic imine (C=N–C) groups is 1. The van der Waals surface area contributed by atoms with Gasteiger partial charge in [-0.2, -0.15) is 0 Å². The van der Waals surface area contributed by atoms with Crippen LogP contribution >= 0.6 is 11.3 Å². The normalized spacial score (nSPS) is 23.8. The molecule has 7 heteroatoms. The van der Waals surface area contributed by atoms with E-state index in [9.17, 15) is 0 Å². The van der Waals surface area contributed by atoms with Crippen molar-refractivity contribution in [3.63, 3.8) is 0 Å². The minimum atomic E-state index is 0.297. The first-order valence-corrected chi connectivity index (χ1v) is 11.7. The van der Waals surface area contributed by atoms with Gasteiger partial charge in [0.2, 0.25) is 0 Å². The summed E-state index contributed by atoms with van der Waals surface area (Å²) in [5.41, 5.74) is 0. The molecular weight excluding hydrogens is 372 g/mol. The Morgan fingerprint density at radius 2 is 2.36 bits per heavy atom. The van der Waals surface area contributed by atoms with E-state index in [1.54, 1.807) is 0 Å². The van der Waals surface area contributed by atoms with Crippen LogP contribution < -0.4 is 10.6 Å². The topological polar surface area (TPSA) is 58.1 Å². The summed E-state index contributed by atoms with van der Waals surface area (Å²) in [7, 11) is 0. The molecule has 0 spiro atoms. The Bertz CT molecular complexity index is 561. The van der Waals surface area contributed by atoms with Crippen LogP contribution in [0.5, 0.6) is 0 Å². The molecule has 2 unspecified atom stereocenters. The van der Waals surface area contributed by atoms with Crippen molar-refractivity contribution in [1.82, 2.24) is 15.5 Å². The fraction of sp³-hybridized carbons (Fsp3) is 0.762. The van der Waals surface area contributed by atoms with Crippen molar-refractivity contribution >= 4 is 17.3 Å². The summed E-state index contributed by atoms with van der Waals surface area (Å²) in [5.74, 6) is 1.58. The van der Waals surface area contributed by atoms with E-state index in [4.69, 9.17) is 14.5 Å². The van der Waals surface area contributed by atoms with Crippen molar-refractivity contribution in [3.8, 4) is 0 Å². The van der Waals surface area contributed by atoms with E-state index < -0.39 is 0 Å². The van der Waals surface area contributed by atoms with E-state index >= 15 is 0 Å². The molecule has 3 rings (SSSR count). The first-order valence-electron chi connectivity index (χ1n) is 10.8. The molecule has 2 saturated heterocycles. The first-order chi connectivity index (χ1) is 13.8. The highest BCUT2D eigenvalue weighted by Crippen LogP contribution is 2.20. The highest BCUT2D eigenvalue weighted by molar-refractivity contribution is 7.09. The SMILES string of the molecule is CCNC(=NCC1CCCN(Cc2cccs2)C1)NCCCOC1CCOC1. The van der Waals surface area contributed by atoms with Gasteiger partial charge in [-0.05, 0) is 56.5 Å². The maximum Gasteiger partial charge on any atom is 0.191 e. The third kappa shape index (κ3) is 7.70. The van der Waals surface area contributed by atoms with Gasteiger partial charge < -0.3 is 20.1 Å². The standard InChI is InChI=1S/C21H36N4O2S/c1-2-22-21(23-9-5-11-27-19-8-12-26-17-19)24-14-18-6-3-10-25(15-18)16-20-7-4-13-28-20/h4,7,13,18-19H,2-3,5-6,8-12,14-17H2,1H3,(H2,22,23,24). The highest BCUT2D eigenvalue weighted by Gasteiger charge is 2.20. The number of guanidine groups is 1. The lowest BCUT2D eigenvalue weighted by Gasteiger charge is -2.31. The predicted octanol–water partition coefficient (Wildman–Crippen LogP) is 2.71. The van der Waals surface area contributed by atoms with Crippen LogP contribution in [-0.2, 0) is 16.0 Å². The van der Waals surface area contributed by atoms with E-state index in [1.165, 1.54) is 24.3 Å². The zero-order valence-corrected chi connectivity index (χ0v) is 18.0. The number of rotatable bonds is 10. The number of ether oxygens (including phenoxy) is 2. The van der Waals surface area contributed by atoms with Crippen LogP contribution in [0, 0.1) is 5.92 Å². The van der Waals surface area contributed by atoms with Gasteiger partial charge in [0.1, 0.15) is 0 Å². The van der Waals surface area contributed by atoms with Crippen molar-refractivity contribution in [1.29, 1.82) is 0 Å². The lowest BCUT2D eigenvalue weighted by Crippen LogP contribution is -2.40. The molecule has 3 heterocycles. The molecule has 0 bridgehead atoms. The molecule has 1 aromatic heterocycles. The average molecular weight is 409 g/mol. The third-order valence-electron chi connectivity index (χ3n) is 5.27. The van der Waals surface area contributed by atoms with Crippen LogP contribution in [-0.4, -0.2) is 69.5 Å². The molecule has 28 heavy (non-hydrogen) atoms. The van der Waals surface area contributed by atoms with Crippen molar-refractivity contribution in [2.45, 2.75) is 45.3 Å². The summed E-state index contributed by atoms with van der Waals surface area (Å²) in [6, 6.07) is 4.38. The third-order valence-corrected chi connectivity index (χ3v) is 6.13. The molecule has 2 aliphatic heterocycles. The molecule has 158 valence electrons. The van der Waals surface area contributed by atoms with Crippen LogP contribution in [0.25, 0.3) is 0 Å². The molecule has 0 aromatic carbocycles. The maximum atomic E-state index is 5.82. The van der Waals surface area contributed by atoms with Crippen molar-refractivity contribution < 1.29 is 9.47 Å². The molecule has 2 N–H and O–H groups in total. The molecule has 0 radical (unpaired) electrons. The molecule has 6 nitrogen and oxygen atoms in total. The van der Waals surface area contributed by atoms with Crippen LogP contribution in [0.1, 0.15) is 37.5 Å². The van der Waals surface area contributed by atoms with Gasteiger partial charge in [0.05, 0.1) is 12.7 Å². The van der Waals surface area contributed by atoms with Gasteiger partial charge in [-0.25, -0.2) is 0 Å². The minimum absolute atomic E-state index is 0.297. The Hall–Kier alpha value is -1.15. The second-order valence-corrected chi connectivity index (χ2v) is 8.71. The van der Waals surface area contributed by atoms with E-state index in [0.717, 1.165) is 71.3 Å².